The van der Waals surface area contributed by atoms with Crippen molar-refractivity contribution in [2.75, 3.05) is 19.6 Å². The van der Waals surface area contributed by atoms with E-state index in [1.54, 1.807) is 6.20 Å². The summed E-state index contributed by atoms with van der Waals surface area (Å²) < 4.78 is 7.58. The SMILES string of the molecule is Cc1cc(-c2cc(C(=O)N3CCC(C)(CN)C3)c3cnn(C(C)C)c3n2)c(C)o1. The first-order chi connectivity index (χ1) is 13.7. The Morgan fingerprint density at radius 3 is 2.69 bits per heavy atom. The number of likely N-dealkylation sites (tertiary alicyclic amines) is 1. The molecule has 4 rings (SSSR count). The zero-order valence-electron chi connectivity index (χ0n) is 17.8. The second kappa shape index (κ2) is 6.99. The highest BCUT2D eigenvalue weighted by molar-refractivity contribution is 6.06. The summed E-state index contributed by atoms with van der Waals surface area (Å²) in [6, 6.07) is 3.99. The highest BCUT2D eigenvalue weighted by Gasteiger charge is 2.36. The molecule has 0 aromatic carbocycles. The Morgan fingerprint density at radius 1 is 1.34 bits per heavy atom. The normalized spacial score (nSPS) is 19.6. The third-order valence-corrected chi connectivity index (χ3v) is 5.94. The number of amides is 1. The fourth-order valence-electron chi connectivity index (χ4n) is 4.13. The minimum Gasteiger partial charge on any atom is -0.466 e. The Kier molecular flexibility index (Phi) is 4.73. The molecule has 0 saturated carbocycles. The quantitative estimate of drug-likeness (QED) is 0.727. The van der Waals surface area contributed by atoms with Gasteiger partial charge in [-0.1, -0.05) is 6.92 Å². The lowest BCUT2D eigenvalue weighted by molar-refractivity contribution is 0.0779. The van der Waals surface area contributed by atoms with Crippen LogP contribution < -0.4 is 5.73 Å². The number of aromatic nitrogens is 3. The summed E-state index contributed by atoms with van der Waals surface area (Å²) in [4.78, 5) is 20.3. The van der Waals surface area contributed by atoms with Crippen LogP contribution in [-0.2, 0) is 0 Å². The Labute approximate surface area is 170 Å². The fourth-order valence-corrected chi connectivity index (χ4v) is 4.13. The van der Waals surface area contributed by atoms with Crippen molar-refractivity contribution in [2.24, 2.45) is 11.1 Å². The molecule has 7 nitrogen and oxygen atoms in total. The maximum atomic E-state index is 13.5. The lowest BCUT2D eigenvalue weighted by atomic mass is 9.90. The van der Waals surface area contributed by atoms with E-state index in [9.17, 15) is 4.79 Å². The van der Waals surface area contributed by atoms with E-state index in [0.717, 1.165) is 40.2 Å². The second-order valence-electron chi connectivity index (χ2n) is 8.79. The molecular formula is C22H29N5O2. The van der Waals surface area contributed by atoms with Crippen LogP contribution >= 0.6 is 0 Å². The first kappa shape index (κ1) is 19.6. The number of nitrogens with two attached hydrogens (primary N) is 1. The van der Waals surface area contributed by atoms with Crippen LogP contribution in [0.5, 0.6) is 0 Å². The average molecular weight is 396 g/mol. The van der Waals surface area contributed by atoms with Gasteiger partial charge in [-0.25, -0.2) is 9.67 Å². The number of rotatable bonds is 4. The first-order valence-electron chi connectivity index (χ1n) is 10.2. The maximum Gasteiger partial charge on any atom is 0.254 e. The summed E-state index contributed by atoms with van der Waals surface area (Å²) in [5.41, 5.74) is 8.92. The summed E-state index contributed by atoms with van der Waals surface area (Å²) >= 11 is 0. The van der Waals surface area contributed by atoms with Crippen molar-refractivity contribution in [1.82, 2.24) is 19.7 Å². The van der Waals surface area contributed by atoms with Crippen LogP contribution in [0.4, 0.5) is 0 Å². The van der Waals surface area contributed by atoms with Crippen LogP contribution in [0.25, 0.3) is 22.3 Å². The molecule has 3 aromatic rings. The third-order valence-electron chi connectivity index (χ3n) is 5.94. The van der Waals surface area contributed by atoms with Crippen LogP contribution in [-0.4, -0.2) is 45.2 Å². The van der Waals surface area contributed by atoms with Crippen molar-refractivity contribution in [2.45, 2.75) is 47.1 Å². The molecule has 1 fully saturated rings. The third kappa shape index (κ3) is 3.33. The molecule has 4 heterocycles. The molecule has 154 valence electrons. The van der Waals surface area contributed by atoms with Crippen molar-refractivity contribution in [3.8, 4) is 11.3 Å². The summed E-state index contributed by atoms with van der Waals surface area (Å²) in [7, 11) is 0. The van der Waals surface area contributed by atoms with Crippen LogP contribution in [0.1, 0.15) is 55.1 Å². The monoisotopic (exact) mass is 395 g/mol. The fraction of sp³-hybridized carbons (Fsp3) is 0.500. The van der Waals surface area contributed by atoms with Gasteiger partial charge in [0.2, 0.25) is 0 Å². The van der Waals surface area contributed by atoms with Crippen LogP contribution in [0, 0.1) is 19.3 Å². The van der Waals surface area contributed by atoms with Crippen molar-refractivity contribution in [3.63, 3.8) is 0 Å². The van der Waals surface area contributed by atoms with E-state index in [-0.39, 0.29) is 17.4 Å². The molecule has 1 saturated heterocycles. The number of hydrogen-bond donors (Lipinski definition) is 1. The summed E-state index contributed by atoms with van der Waals surface area (Å²) in [5, 5.41) is 5.30. The molecule has 0 bridgehead atoms. The van der Waals surface area contributed by atoms with Gasteiger partial charge in [0.15, 0.2) is 5.65 Å². The first-order valence-corrected chi connectivity index (χ1v) is 10.2. The standard InChI is InChI=1S/C22H29N5O2/c1-13(2)27-20-18(10-24-27)17(21(28)26-7-6-22(5,11-23)12-26)9-19(25-20)16-8-14(3)29-15(16)4/h8-10,13H,6-7,11-12,23H2,1-5H3. The minimum absolute atomic E-state index is 0.0111. The summed E-state index contributed by atoms with van der Waals surface area (Å²) in [5.74, 6) is 1.63. The van der Waals surface area contributed by atoms with E-state index in [1.807, 2.05) is 35.6 Å². The number of pyridine rings is 1. The summed E-state index contributed by atoms with van der Waals surface area (Å²) in [6.45, 7) is 12.1. The minimum atomic E-state index is -0.0228. The maximum absolute atomic E-state index is 13.5. The highest BCUT2D eigenvalue weighted by atomic mass is 16.3. The van der Waals surface area contributed by atoms with E-state index in [1.165, 1.54) is 0 Å². The number of furan rings is 1. The van der Waals surface area contributed by atoms with Crippen LogP contribution in [0.15, 0.2) is 22.7 Å². The van der Waals surface area contributed by atoms with Gasteiger partial charge in [-0.15, -0.1) is 0 Å². The zero-order valence-corrected chi connectivity index (χ0v) is 17.8. The van der Waals surface area contributed by atoms with E-state index < -0.39 is 0 Å². The second-order valence-corrected chi connectivity index (χ2v) is 8.79. The topological polar surface area (TPSA) is 90.2 Å². The van der Waals surface area contributed by atoms with Gasteiger partial charge in [0.1, 0.15) is 11.5 Å². The number of aryl methyl sites for hydroxylation is 2. The van der Waals surface area contributed by atoms with E-state index in [4.69, 9.17) is 15.1 Å². The molecule has 7 heteroatoms. The van der Waals surface area contributed by atoms with Crippen molar-refractivity contribution < 1.29 is 9.21 Å². The van der Waals surface area contributed by atoms with Crippen LogP contribution in [0.2, 0.25) is 0 Å². The van der Waals surface area contributed by atoms with Gasteiger partial charge in [-0.2, -0.15) is 5.10 Å². The van der Waals surface area contributed by atoms with E-state index in [0.29, 0.717) is 25.2 Å². The number of nitrogens with zero attached hydrogens (tertiary/aromatic N) is 4. The van der Waals surface area contributed by atoms with Gasteiger partial charge < -0.3 is 15.1 Å². The molecule has 3 aromatic heterocycles. The lowest BCUT2D eigenvalue weighted by Crippen LogP contribution is -2.34. The van der Waals surface area contributed by atoms with Gasteiger partial charge in [0, 0.05) is 24.7 Å². The molecule has 0 aliphatic carbocycles. The predicted octanol–water partition coefficient (Wildman–Crippen LogP) is 3.70. The smallest absolute Gasteiger partial charge is 0.254 e. The predicted molar refractivity (Wildman–Crippen MR) is 113 cm³/mol. The van der Waals surface area contributed by atoms with Crippen molar-refractivity contribution in [1.29, 1.82) is 0 Å². The largest absolute Gasteiger partial charge is 0.466 e. The van der Waals surface area contributed by atoms with Crippen molar-refractivity contribution in [3.05, 3.63) is 35.4 Å². The number of carbonyl (C=O) groups excluding carboxylic acids is 1. The Balaban J connectivity index is 1.86. The molecule has 29 heavy (non-hydrogen) atoms. The van der Waals surface area contributed by atoms with Crippen molar-refractivity contribution >= 4 is 16.9 Å². The number of fused-ring (bicyclic) bond motifs is 1. The molecule has 2 N–H and O–H groups in total. The molecular weight excluding hydrogens is 366 g/mol. The summed E-state index contributed by atoms with van der Waals surface area (Å²) in [6.07, 6.45) is 2.67. The van der Waals surface area contributed by atoms with E-state index >= 15 is 0 Å². The molecule has 1 amide bonds. The average Bonchev–Trinajstić information content (AvgIpc) is 3.37. The molecule has 1 atom stereocenters. The van der Waals surface area contributed by atoms with Gasteiger partial charge in [-0.3, -0.25) is 4.79 Å². The lowest BCUT2D eigenvalue weighted by Gasteiger charge is -2.23. The van der Waals surface area contributed by atoms with Gasteiger partial charge in [-0.05, 0) is 58.2 Å². The molecule has 1 aliphatic heterocycles. The van der Waals surface area contributed by atoms with Gasteiger partial charge >= 0.3 is 0 Å². The number of carbonyl (C=O) groups is 1. The zero-order chi connectivity index (χ0) is 20.9. The Morgan fingerprint density at radius 2 is 2.10 bits per heavy atom. The Hall–Kier alpha value is -2.67. The van der Waals surface area contributed by atoms with Gasteiger partial charge in [0.05, 0.1) is 22.8 Å². The molecule has 1 unspecified atom stereocenters. The van der Waals surface area contributed by atoms with Gasteiger partial charge in [0.25, 0.3) is 5.91 Å². The molecule has 0 spiro atoms. The molecule has 0 radical (unpaired) electrons. The number of hydrogen-bond acceptors (Lipinski definition) is 5. The van der Waals surface area contributed by atoms with E-state index in [2.05, 4.69) is 25.9 Å². The Bertz CT molecular complexity index is 1080. The van der Waals surface area contributed by atoms with Crippen LogP contribution in [0.3, 0.4) is 0 Å². The highest BCUT2D eigenvalue weighted by Crippen LogP contribution is 2.33. The molecule has 1 aliphatic rings.